The van der Waals surface area contributed by atoms with Crippen LogP contribution in [0.3, 0.4) is 0 Å². The highest BCUT2D eigenvalue weighted by Gasteiger charge is 2.34. The van der Waals surface area contributed by atoms with Crippen molar-refractivity contribution in [2.75, 3.05) is 26.3 Å². The van der Waals surface area contributed by atoms with Crippen LogP contribution in [0.4, 0.5) is 0 Å². The second kappa shape index (κ2) is 4.84. The van der Waals surface area contributed by atoms with Crippen molar-refractivity contribution in [1.82, 2.24) is 19.9 Å². The number of nitrogens with zero attached hydrogens (tertiary/aromatic N) is 4. The summed E-state index contributed by atoms with van der Waals surface area (Å²) in [5.41, 5.74) is 1.12. The molecule has 6 nitrogen and oxygen atoms in total. The molecule has 1 aliphatic carbocycles. The number of hydrogen-bond acceptors (Lipinski definition) is 4. The quantitative estimate of drug-likeness (QED) is 0.825. The third-order valence-electron chi connectivity index (χ3n) is 4.65. The molecule has 0 bridgehead atoms. The van der Waals surface area contributed by atoms with Crippen LogP contribution in [-0.4, -0.2) is 52.1 Å². The molecule has 0 N–H and O–H groups in total. The maximum atomic E-state index is 12.3. The van der Waals surface area contributed by atoms with Gasteiger partial charge in [-0.2, -0.15) is 0 Å². The third kappa shape index (κ3) is 2.22. The Labute approximate surface area is 118 Å². The van der Waals surface area contributed by atoms with Crippen LogP contribution in [0.5, 0.6) is 0 Å². The summed E-state index contributed by atoms with van der Waals surface area (Å²) in [6.07, 6.45) is 6.42. The normalized spacial score (nSPS) is 30.1. The van der Waals surface area contributed by atoms with Gasteiger partial charge < -0.3 is 9.64 Å². The Balaban J connectivity index is 1.40. The smallest absolute Gasteiger partial charge is 0.228 e. The van der Waals surface area contributed by atoms with Crippen molar-refractivity contribution in [3.8, 4) is 0 Å². The summed E-state index contributed by atoms with van der Waals surface area (Å²) in [7, 11) is 0. The van der Waals surface area contributed by atoms with Gasteiger partial charge in [0.2, 0.25) is 5.91 Å². The fourth-order valence-electron chi connectivity index (χ4n) is 3.18. The Bertz CT molecular complexity index is 505. The maximum absolute atomic E-state index is 12.3. The SMILES string of the molecule is O=C(C1CCOC1)N1CCC(n2cc(C3CC3)nn2)C1. The van der Waals surface area contributed by atoms with E-state index >= 15 is 0 Å². The zero-order chi connectivity index (χ0) is 13.5. The molecule has 1 amide bonds. The lowest BCUT2D eigenvalue weighted by Gasteiger charge is -2.19. The molecule has 6 heteroatoms. The van der Waals surface area contributed by atoms with Gasteiger partial charge in [0.05, 0.1) is 24.3 Å². The van der Waals surface area contributed by atoms with Crippen molar-refractivity contribution < 1.29 is 9.53 Å². The van der Waals surface area contributed by atoms with E-state index in [0.717, 1.165) is 38.2 Å². The summed E-state index contributed by atoms with van der Waals surface area (Å²) in [6, 6.07) is 0.293. The number of hydrogen-bond donors (Lipinski definition) is 0. The van der Waals surface area contributed by atoms with Crippen LogP contribution in [-0.2, 0) is 9.53 Å². The van der Waals surface area contributed by atoms with Crippen molar-refractivity contribution in [2.24, 2.45) is 5.92 Å². The first-order valence-electron chi connectivity index (χ1n) is 7.59. The van der Waals surface area contributed by atoms with Gasteiger partial charge in [-0.15, -0.1) is 5.10 Å². The Kier molecular flexibility index (Phi) is 2.98. The Hall–Kier alpha value is -1.43. The highest BCUT2D eigenvalue weighted by Crippen LogP contribution is 2.39. The van der Waals surface area contributed by atoms with E-state index in [2.05, 4.69) is 16.5 Å². The topological polar surface area (TPSA) is 60.2 Å². The number of amides is 1. The van der Waals surface area contributed by atoms with Gasteiger partial charge in [0.25, 0.3) is 0 Å². The van der Waals surface area contributed by atoms with Crippen molar-refractivity contribution >= 4 is 5.91 Å². The van der Waals surface area contributed by atoms with E-state index in [1.165, 1.54) is 12.8 Å². The minimum absolute atomic E-state index is 0.0755. The van der Waals surface area contributed by atoms with Gasteiger partial charge in [-0.1, -0.05) is 5.21 Å². The Morgan fingerprint density at radius 1 is 1.30 bits per heavy atom. The van der Waals surface area contributed by atoms with Crippen LogP contribution in [0.25, 0.3) is 0 Å². The molecule has 3 heterocycles. The van der Waals surface area contributed by atoms with Gasteiger partial charge in [0, 0.05) is 31.8 Å². The molecule has 108 valence electrons. The average molecular weight is 276 g/mol. The number of carbonyl (C=O) groups is 1. The first kappa shape index (κ1) is 12.3. The van der Waals surface area contributed by atoms with Crippen LogP contribution in [0.15, 0.2) is 6.20 Å². The highest BCUT2D eigenvalue weighted by atomic mass is 16.5. The molecule has 0 radical (unpaired) electrons. The monoisotopic (exact) mass is 276 g/mol. The fourth-order valence-corrected chi connectivity index (χ4v) is 3.18. The van der Waals surface area contributed by atoms with E-state index in [9.17, 15) is 4.79 Å². The largest absolute Gasteiger partial charge is 0.381 e. The molecule has 4 rings (SSSR count). The number of aromatic nitrogens is 3. The molecule has 1 saturated carbocycles. The lowest BCUT2D eigenvalue weighted by Crippen LogP contribution is -2.35. The molecule has 20 heavy (non-hydrogen) atoms. The summed E-state index contributed by atoms with van der Waals surface area (Å²) in [4.78, 5) is 14.3. The van der Waals surface area contributed by atoms with Crippen LogP contribution in [0.1, 0.15) is 43.3 Å². The van der Waals surface area contributed by atoms with E-state index in [-0.39, 0.29) is 11.8 Å². The number of likely N-dealkylation sites (tertiary alicyclic amines) is 1. The van der Waals surface area contributed by atoms with Crippen LogP contribution >= 0.6 is 0 Å². The number of rotatable bonds is 3. The molecule has 2 aliphatic heterocycles. The first-order chi connectivity index (χ1) is 9.81. The molecule has 1 aromatic rings. The van der Waals surface area contributed by atoms with Crippen molar-refractivity contribution in [2.45, 2.75) is 37.6 Å². The average Bonchev–Trinajstić information content (AvgIpc) is 2.98. The standard InChI is InChI=1S/C14H20N4O2/c19-14(11-4-6-20-9-11)17-5-3-12(7-17)18-8-13(15-16-18)10-1-2-10/h8,10-12H,1-7,9H2. The molecule has 0 aromatic carbocycles. The van der Waals surface area contributed by atoms with E-state index in [1.54, 1.807) is 0 Å². The molecule has 2 unspecified atom stereocenters. The van der Waals surface area contributed by atoms with Gasteiger partial charge in [-0.05, 0) is 25.7 Å². The lowest BCUT2D eigenvalue weighted by molar-refractivity contribution is -0.134. The fraction of sp³-hybridized carbons (Fsp3) is 0.786. The van der Waals surface area contributed by atoms with E-state index < -0.39 is 0 Å². The predicted molar refractivity (Wildman–Crippen MR) is 71.2 cm³/mol. The van der Waals surface area contributed by atoms with E-state index in [4.69, 9.17) is 4.74 Å². The van der Waals surface area contributed by atoms with Gasteiger partial charge >= 0.3 is 0 Å². The van der Waals surface area contributed by atoms with E-state index in [0.29, 0.717) is 18.6 Å². The molecule has 1 aromatic heterocycles. The van der Waals surface area contributed by atoms with Crippen LogP contribution in [0.2, 0.25) is 0 Å². The van der Waals surface area contributed by atoms with E-state index in [1.807, 2.05) is 9.58 Å². The zero-order valence-corrected chi connectivity index (χ0v) is 11.6. The lowest BCUT2D eigenvalue weighted by atomic mass is 10.1. The minimum atomic E-state index is 0.0755. The van der Waals surface area contributed by atoms with Crippen LogP contribution < -0.4 is 0 Å². The molecule has 2 saturated heterocycles. The molecule has 2 atom stereocenters. The summed E-state index contributed by atoms with van der Waals surface area (Å²) in [6.45, 7) is 2.91. The maximum Gasteiger partial charge on any atom is 0.228 e. The van der Waals surface area contributed by atoms with Gasteiger partial charge in [0.1, 0.15) is 0 Å². The molecule has 3 aliphatic rings. The summed E-state index contributed by atoms with van der Waals surface area (Å²) in [5, 5.41) is 8.51. The van der Waals surface area contributed by atoms with Crippen LogP contribution in [0, 0.1) is 5.92 Å². The number of ether oxygens (including phenoxy) is 1. The summed E-state index contributed by atoms with van der Waals surface area (Å²) in [5.74, 6) is 0.970. The second-order valence-electron chi connectivity index (χ2n) is 6.18. The molecular weight excluding hydrogens is 256 g/mol. The van der Waals surface area contributed by atoms with Gasteiger partial charge in [-0.25, -0.2) is 4.68 Å². The third-order valence-corrected chi connectivity index (χ3v) is 4.65. The second-order valence-corrected chi connectivity index (χ2v) is 6.18. The molecule has 0 spiro atoms. The minimum Gasteiger partial charge on any atom is -0.381 e. The Morgan fingerprint density at radius 3 is 2.95 bits per heavy atom. The first-order valence-corrected chi connectivity index (χ1v) is 7.59. The van der Waals surface area contributed by atoms with Gasteiger partial charge in [-0.3, -0.25) is 4.79 Å². The summed E-state index contributed by atoms with van der Waals surface area (Å²) >= 11 is 0. The van der Waals surface area contributed by atoms with Crippen molar-refractivity contribution in [1.29, 1.82) is 0 Å². The zero-order valence-electron chi connectivity index (χ0n) is 11.6. The molecular formula is C14H20N4O2. The van der Waals surface area contributed by atoms with Crippen molar-refractivity contribution in [3.05, 3.63) is 11.9 Å². The highest BCUT2D eigenvalue weighted by molar-refractivity contribution is 5.79. The Morgan fingerprint density at radius 2 is 2.20 bits per heavy atom. The van der Waals surface area contributed by atoms with Crippen molar-refractivity contribution in [3.63, 3.8) is 0 Å². The predicted octanol–water partition coefficient (Wildman–Crippen LogP) is 0.965. The number of carbonyl (C=O) groups excluding carboxylic acids is 1. The molecule has 3 fully saturated rings. The summed E-state index contributed by atoms with van der Waals surface area (Å²) < 4.78 is 7.28. The van der Waals surface area contributed by atoms with Gasteiger partial charge in [0.15, 0.2) is 0 Å².